The summed E-state index contributed by atoms with van der Waals surface area (Å²) in [6, 6.07) is 15.9. The van der Waals surface area contributed by atoms with Crippen LogP contribution in [0.25, 0.3) is 16.9 Å². The number of fused-ring (bicyclic) bond motifs is 1. The van der Waals surface area contributed by atoms with E-state index in [1.807, 2.05) is 69.3 Å². The SMILES string of the molecule is CC.Cc1cnn2c(B(C#N)Cc3cccnc3)cc(-c3ccccc3)nc12. The summed E-state index contributed by atoms with van der Waals surface area (Å²) in [5.74, 6) is 2.43. The summed E-state index contributed by atoms with van der Waals surface area (Å²) < 4.78 is 1.78. The summed E-state index contributed by atoms with van der Waals surface area (Å²) in [6.07, 6.45) is 5.91. The van der Waals surface area contributed by atoms with Crippen molar-refractivity contribution in [1.29, 1.82) is 5.26 Å². The topological polar surface area (TPSA) is 66.9 Å². The lowest BCUT2D eigenvalue weighted by molar-refractivity contribution is 0.966. The highest BCUT2D eigenvalue weighted by molar-refractivity contribution is 6.79. The Morgan fingerprint density at radius 1 is 1.07 bits per heavy atom. The summed E-state index contributed by atoms with van der Waals surface area (Å²) >= 11 is 0. The Hall–Kier alpha value is -3.46. The molecule has 0 aliphatic heterocycles. The second-order valence-electron chi connectivity index (χ2n) is 6.24. The number of rotatable bonds is 4. The molecule has 0 radical (unpaired) electrons. The van der Waals surface area contributed by atoms with E-state index in [-0.39, 0.29) is 6.71 Å². The molecule has 3 aromatic heterocycles. The van der Waals surface area contributed by atoms with Crippen LogP contribution >= 0.6 is 0 Å². The molecular formula is C22H22BN5. The van der Waals surface area contributed by atoms with E-state index in [1.54, 1.807) is 23.1 Å². The van der Waals surface area contributed by atoms with Gasteiger partial charge in [-0.25, -0.2) is 14.8 Å². The minimum atomic E-state index is -0.341. The Kier molecular flexibility index (Phi) is 6.18. The van der Waals surface area contributed by atoms with Crippen molar-refractivity contribution in [2.24, 2.45) is 0 Å². The molecule has 0 aliphatic rings. The van der Waals surface area contributed by atoms with Gasteiger partial charge in [0.2, 0.25) is 0 Å². The van der Waals surface area contributed by atoms with E-state index < -0.39 is 0 Å². The molecule has 0 spiro atoms. The summed E-state index contributed by atoms with van der Waals surface area (Å²) in [7, 11) is 0. The van der Waals surface area contributed by atoms with Gasteiger partial charge in [-0.2, -0.15) is 5.10 Å². The summed E-state index contributed by atoms with van der Waals surface area (Å²) in [4.78, 5) is 8.92. The van der Waals surface area contributed by atoms with Crippen molar-refractivity contribution >= 4 is 18.0 Å². The quantitative estimate of drug-likeness (QED) is 0.516. The average molecular weight is 367 g/mol. The molecule has 0 saturated heterocycles. The minimum Gasteiger partial charge on any atom is -0.264 e. The third-order valence-corrected chi connectivity index (χ3v) is 4.42. The highest BCUT2D eigenvalue weighted by Gasteiger charge is 2.23. The molecule has 6 heteroatoms. The van der Waals surface area contributed by atoms with Gasteiger partial charge in [0.05, 0.1) is 11.9 Å². The van der Waals surface area contributed by atoms with Gasteiger partial charge in [0.1, 0.15) is 0 Å². The third kappa shape index (κ3) is 3.94. The lowest BCUT2D eigenvalue weighted by Crippen LogP contribution is -2.37. The molecule has 28 heavy (non-hydrogen) atoms. The Balaban J connectivity index is 0.00000109. The number of aromatic nitrogens is 4. The summed E-state index contributed by atoms with van der Waals surface area (Å²) in [5.41, 5.74) is 5.51. The van der Waals surface area contributed by atoms with E-state index in [9.17, 15) is 5.26 Å². The fraction of sp³-hybridized carbons (Fsp3) is 0.182. The highest BCUT2D eigenvalue weighted by atomic mass is 15.2. The van der Waals surface area contributed by atoms with Crippen molar-refractivity contribution in [3.8, 4) is 17.2 Å². The molecule has 4 aromatic rings. The molecular weight excluding hydrogens is 345 g/mol. The van der Waals surface area contributed by atoms with Crippen LogP contribution in [0.3, 0.4) is 0 Å². The monoisotopic (exact) mass is 367 g/mol. The summed E-state index contributed by atoms with van der Waals surface area (Å²) in [6.45, 7) is 5.64. The number of hydrogen-bond donors (Lipinski definition) is 0. The molecule has 0 N–H and O–H groups in total. The molecule has 0 amide bonds. The molecule has 0 atom stereocenters. The Morgan fingerprint density at radius 3 is 2.54 bits per heavy atom. The van der Waals surface area contributed by atoms with Crippen molar-refractivity contribution in [2.45, 2.75) is 27.1 Å². The predicted octanol–water partition coefficient (Wildman–Crippen LogP) is 3.67. The van der Waals surface area contributed by atoms with Gasteiger partial charge in [-0.1, -0.05) is 50.2 Å². The first kappa shape index (κ1) is 19.3. The first-order valence-corrected chi connectivity index (χ1v) is 9.45. The predicted molar refractivity (Wildman–Crippen MR) is 113 cm³/mol. The van der Waals surface area contributed by atoms with Crippen LogP contribution in [0.5, 0.6) is 0 Å². The van der Waals surface area contributed by atoms with Crippen molar-refractivity contribution in [2.75, 3.05) is 0 Å². The lowest BCUT2D eigenvalue weighted by Gasteiger charge is -2.11. The zero-order valence-electron chi connectivity index (χ0n) is 16.4. The first-order chi connectivity index (χ1) is 13.8. The van der Waals surface area contributed by atoms with E-state index in [0.717, 1.165) is 33.6 Å². The minimum absolute atomic E-state index is 0.341. The van der Waals surface area contributed by atoms with E-state index >= 15 is 0 Å². The Morgan fingerprint density at radius 2 is 1.86 bits per heavy atom. The van der Waals surface area contributed by atoms with Crippen LogP contribution in [0, 0.1) is 18.2 Å². The van der Waals surface area contributed by atoms with Crippen LogP contribution in [-0.2, 0) is 6.32 Å². The van der Waals surface area contributed by atoms with Gasteiger partial charge in [-0.15, -0.1) is 0 Å². The zero-order valence-corrected chi connectivity index (χ0v) is 16.4. The number of hydrogen-bond acceptors (Lipinski definition) is 4. The normalized spacial score (nSPS) is 10.1. The number of benzene rings is 1. The maximum absolute atomic E-state index is 9.84. The van der Waals surface area contributed by atoms with Crippen LogP contribution in [0.15, 0.2) is 67.1 Å². The molecule has 0 saturated carbocycles. The van der Waals surface area contributed by atoms with E-state index in [0.29, 0.717) is 6.32 Å². The zero-order chi connectivity index (χ0) is 19.9. The van der Waals surface area contributed by atoms with Gasteiger partial charge < -0.3 is 0 Å². The largest absolute Gasteiger partial charge is 0.326 e. The van der Waals surface area contributed by atoms with E-state index in [2.05, 4.69) is 16.1 Å². The average Bonchev–Trinajstić information content (AvgIpc) is 3.15. The molecule has 0 aliphatic carbocycles. The number of pyridine rings is 1. The van der Waals surface area contributed by atoms with Gasteiger partial charge in [-0.3, -0.25) is 4.98 Å². The van der Waals surface area contributed by atoms with Crippen LogP contribution in [0.1, 0.15) is 25.0 Å². The van der Waals surface area contributed by atoms with Crippen molar-refractivity contribution in [3.63, 3.8) is 0 Å². The molecule has 0 bridgehead atoms. The second kappa shape index (κ2) is 8.96. The Labute approximate surface area is 165 Å². The van der Waals surface area contributed by atoms with E-state index in [1.165, 1.54) is 0 Å². The van der Waals surface area contributed by atoms with Crippen LogP contribution in [0.2, 0.25) is 0 Å². The van der Waals surface area contributed by atoms with Gasteiger partial charge in [0, 0.05) is 35.1 Å². The van der Waals surface area contributed by atoms with Crippen LogP contribution in [0.4, 0.5) is 0 Å². The number of aryl methyl sites for hydroxylation is 1. The fourth-order valence-electron chi connectivity index (χ4n) is 3.07. The van der Waals surface area contributed by atoms with Gasteiger partial charge in [0.15, 0.2) is 5.65 Å². The standard InChI is InChI=1S/C20H16BN5.C2H6/c1-15-12-24-26-19(21(14-22)11-16-6-5-9-23-13-16)10-18(25-20(15)26)17-7-3-2-4-8-17;1-2/h2-10,12-13H,11H2,1H3;1-2H3. The highest BCUT2D eigenvalue weighted by Crippen LogP contribution is 2.18. The first-order valence-electron chi connectivity index (χ1n) is 9.45. The van der Waals surface area contributed by atoms with Gasteiger partial charge >= 0.3 is 6.71 Å². The van der Waals surface area contributed by atoms with Gasteiger partial charge in [-0.05, 0) is 30.9 Å². The molecule has 5 nitrogen and oxygen atoms in total. The van der Waals surface area contributed by atoms with Crippen molar-refractivity contribution in [1.82, 2.24) is 19.6 Å². The second-order valence-corrected chi connectivity index (χ2v) is 6.24. The molecule has 1 aromatic carbocycles. The van der Waals surface area contributed by atoms with Crippen LogP contribution in [-0.4, -0.2) is 26.3 Å². The molecule has 3 heterocycles. The van der Waals surface area contributed by atoms with E-state index in [4.69, 9.17) is 4.98 Å². The third-order valence-electron chi connectivity index (χ3n) is 4.42. The maximum Gasteiger partial charge on any atom is 0.326 e. The van der Waals surface area contributed by atoms with Crippen molar-refractivity contribution < 1.29 is 0 Å². The lowest BCUT2D eigenvalue weighted by atomic mass is 9.45. The molecule has 138 valence electrons. The smallest absolute Gasteiger partial charge is 0.264 e. The van der Waals surface area contributed by atoms with Gasteiger partial charge in [0.25, 0.3) is 0 Å². The molecule has 0 fully saturated rings. The number of nitrogens with zero attached hydrogens (tertiary/aromatic N) is 5. The van der Waals surface area contributed by atoms with Crippen LogP contribution < -0.4 is 5.59 Å². The molecule has 4 rings (SSSR count). The summed E-state index contributed by atoms with van der Waals surface area (Å²) in [5, 5.41) is 14.3. The number of nitriles is 1. The Bertz CT molecular complexity index is 1080. The van der Waals surface area contributed by atoms with Crippen molar-refractivity contribution in [3.05, 3.63) is 78.2 Å². The maximum atomic E-state index is 9.84. The molecule has 0 unspecified atom stereocenters. The fourth-order valence-corrected chi connectivity index (χ4v) is 3.07.